The lowest BCUT2D eigenvalue weighted by atomic mass is 10.0. The van der Waals surface area contributed by atoms with E-state index in [0.717, 1.165) is 24.4 Å². The monoisotopic (exact) mass is 271 g/mol. The Morgan fingerprint density at radius 1 is 1.15 bits per heavy atom. The molecule has 1 aliphatic rings. The van der Waals surface area contributed by atoms with Gasteiger partial charge in [-0.05, 0) is 44.4 Å². The first-order chi connectivity index (χ1) is 9.75. The molecule has 20 heavy (non-hydrogen) atoms. The third-order valence-corrected chi connectivity index (χ3v) is 4.01. The fraction of sp³-hybridized carbons (Fsp3) is 0.500. The van der Waals surface area contributed by atoms with Crippen LogP contribution in [0.5, 0.6) is 0 Å². The summed E-state index contributed by atoms with van der Waals surface area (Å²) in [4.78, 5) is 4.63. The zero-order valence-corrected chi connectivity index (χ0v) is 12.1. The third-order valence-electron chi connectivity index (χ3n) is 4.01. The zero-order valence-electron chi connectivity index (χ0n) is 12.1. The van der Waals surface area contributed by atoms with Gasteiger partial charge in [0.1, 0.15) is 0 Å². The van der Waals surface area contributed by atoms with Gasteiger partial charge in [0.25, 0.3) is 5.89 Å². The molecule has 0 bridgehead atoms. The van der Waals surface area contributed by atoms with Crippen LogP contribution in [0.3, 0.4) is 0 Å². The predicted molar refractivity (Wildman–Crippen MR) is 78.4 cm³/mol. The third kappa shape index (κ3) is 2.61. The zero-order chi connectivity index (χ0) is 13.9. The molecule has 2 aromatic rings. The van der Waals surface area contributed by atoms with Crippen LogP contribution in [0.1, 0.15) is 48.7 Å². The van der Waals surface area contributed by atoms with Gasteiger partial charge in [-0.25, -0.2) is 0 Å². The molecule has 4 nitrogen and oxygen atoms in total. The lowest BCUT2D eigenvalue weighted by molar-refractivity contribution is 0.402. The summed E-state index contributed by atoms with van der Waals surface area (Å²) in [5.41, 5.74) is 3.42. The second-order valence-corrected chi connectivity index (χ2v) is 5.58. The van der Waals surface area contributed by atoms with Gasteiger partial charge in [-0.1, -0.05) is 36.2 Å². The lowest BCUT2D eigenvalue weighted by Crippen LogP contribution is -2.21. The molecule has 1 aliphatic heterocycles. The predicted octanol–water partition coefficient (Wildman–Crippen LogP) is 3.56. The van der Waals surface area contributed by atoms with Crippen molar-refractivity contribution in [1.29, 1.82) is 0 Å². The molecule has 0 saturated carbocycles. The highest BCUT2D eigenvalue weighted by atomic mass is 16.5. The van der Waals surface area contributed by atoms with Crippen LogP contribution in [-0.4, -0.2) is 16.7 Å². The van der Waals surface area contributed by atoms with Crippen LogP contribution in [0.2, 0.25) is 0 Å². The summed E-state index contributed by atoms with van der Waals surface area (Å²) in [6.07, 6.45) is 4.83. The van der Waals surface area contributed by atoms with E-state index in [2.05, 4.69) is 47.5 Å². The van der Waals surface area contributed by atoms with Crippen LogP contribution >= 0.6 is 0 Å². The van der Waals surface area contributed by atoms with E-state index in [4.69, 9.17) is 4.52 Å². The van der Waals surface area contributed by atoms with Gasteiger partial charge in [-0.3, -0.25) is 0 Å². The fourth-order valence-electron chi connectivity index (χ4n) is 2.88. The van der Waals surface area contributed by atoms with Crippen molar-refractivity contribution in [3.63, 3.8) is 0 Å². The van der Waals surface area contributed by atoms with Crippen LogP contribution in [0, 0.1) is 13.8 Å². The van der Waals surface area contributed by atoms with Gasteiger partial charge in [0.2, 0.25) is 0 Å². The second kappa shape index (κ2) is 5.75. The Hall–Kier alpha value is -1.68. The molecule has 1 fully saturated rings. The minimum Gasteiger partial charge on any atom is -0.334 e. The van der Waals surface area contributed by atoms with Gasteiger partial charge in [0, 0.05) is 5.56 Å². The summed E-state index contributed by atoms with van der Waals surface area (Å²) in [5, 5.41) is 7.70. The number of aromatic nitrogens is 2. The summed E-state index contributed by atoms with van der Waals surface area (Å²) in [6, 6.07) is 6.45. The van der Waals surface area contributed by atoms with Crippen LogP contribution in [0.4, 0.5) is 0 Å². The molecule has 4 heteroatoms. The highest BCUT2D eigenvalue weighted by Gasteiger charge is 2.21. The van der Waals surface area contributed by atoms with E-state index in [-0.39, 0.29) is 6.04 Å². The van der Waals surface area contributed by atoms with Gasteiger partial charge in [0.15, 0.2) is 5.82 Å². The maximum atomic E-state index is 5.51. The average Bonchev–Trinajstić information content (AvgIpc) is 2.74. The van der Waals surface area contributed by atoms with Crippen molar-refractivity contribution in [3.05, 3.63) is 35.2 Å². The Bertz CT molecular complexity index is 563. The molecule has 1 atom stereocenters. The minimum atomic E-state index is 0.235. The molecular formula is C16H21N3O. The van der Waals surface area contributed by atoms with E-state index in [1.165, 1.54) is 30.4 Å². The maximum Gasteiger partial charge on any atom is 0.258 e. The topological polar surface area (TPSA) is 51.0 Å². The van der Waals surface area contributed by atoms with Crippen LogP contribution in [0.25, 0.3) is 11.5 Å². The molecular weight excluding hydrogens is 250 g/mol. The molecule has 0 aliphatic carbocycles. The van der Waals surface area contributed by atoms with E-state index < -0.39 is 0 Å². The normalized spacial score (nSPS) is 19.8. The Morgan fingerprint density at radius 3 is 2.75 bits per heavy atom. The molecule has 0 radical (unpaired) electrons. The van der Waals surface area contributed by atoms with E-state index >= 15 is 0 Å². The Morgan fingerprint density at radius 2 is 1.95 bits per heavy atom. The molecule has 0 amide bonds. The SMILES string of the molecule is Cc1cccc(C)c1-c1nc(C2CCCCCN2)no1. The van der Waals surface area contributed by atoms with Crippen molar-refractivity contribution in [3.8, 4) is 11.5 Å². The molecule has 1 aromatic heterocycles. The number of nitrogens with one attached hydrogen (secondary N) is 1. The first kappa shape index (κ1) is 13.3. The number of hydrogen-bond donors (Lipinski definition) is 1. The molecule has 1 unspecified atom stereocenters. The van der Waals surface area contributed by atoms with Crippen molar-refractivity contribution in [2.24, 2.45) is 0 Å². The van der Waals surface area contributed by atoms with Crippen LogP contribution in [-0.2, 0) is 0 Å². The highest BCUT2D eigenvalue weighted by molar-refractivity contribution is 5.62. The Labute approximate surface area is 119 Å². The van der Waals surface area contributed by atoms with E-state index in [1.807, 2.05) is 0 Å². The molecule has 0 spiro atoms. The number of aryl methyl sites for hydroxylation is 2. The van der Waals surface area contributed by atoms with Crippen molar-refractivity contribution in [2.75, 3.05) is 6.54 Å². The van der Waals surface area contributed by atoms with Crippen molar-refractivity contribution < 1.29 is 4.52 Å². The fourth-order valence-corrected chi connectivity index (χ4v) is 2.88. The van der Waals surface area contributed by atoms with Crippen molar-refractivity contribution in [2.45, 2.75) is 45.6 Å². The summed E-state index contributed by atoms with van der Waals surface area (Å²) in [5.74, 6) is 1.44. The van der Waals surface area contributed by atoms with E-state index in [1.54, 1.807) is 0 Å². The largest absolute Gasteiger partial charge is 0.334 e. The van der Waals surface area contributed by atoms with Gasteiger partial charge in [-0.2, -0.15) is 4.98 Å². The number of hydrogen-bond acceptors (Lipinski definition) is 4. The molecule has 106 valence electrons. The Balaban J connectivity index is 1.90. The van der Waals surface area contributed by atoms with Crippen molar-refractivity contribution in [1.82, 2.24) is 15.5 Å². The standard InChI is InChI=1S/C16H21N3O/c1-11-7-6-8-12(2)14(11)16-18-15(19-20-16)13-9-4-3-5-10-17-13/h6-8,13,17H,3-5,9-10H2,1-2H3. The number of benzene rings is 1. The maximum absolute atomic E-state index is 5.51. The summed E-state index contributed by atoms with van der Waals surface area (Å²) in [7, 11) is 0. The van der Waals surface area contributed by atoms with Crippen molar-refractivity contribution >= 4 is 0 Å². The van der Waals surface area contributed by atoms with Crippen LogP contribution in [0.15, 0.2) is 22.7 Å². The summed E-state index contributed by atoms with van der Waals surface area (Å²) in [6.45, 7) is 5.20. The molecule has 1 saturated heterocycles. The lowest BCUT2D eigenvalue weighted by Gasteiger charge is -2.10. The van der Waals surface area contributed by atoms with Gasteiger partial charge in [-0.15, -0.1) is 0 Å². The van der Waals surface area contributed by atoms with Gasteiger partial charge < -0.3 is 9.84 Å². The quantitative estimate of drug-likeness (QED) is 0.907. The highest BCUT2D eigenvalue weighted by Crippen LogP contribution is 2.28. The smallest absolute Gasteiger partial charge is 0.258 e. The van der Waals surface area contributed by atoms with Crippen LogP contribution < -0.4 is 5.32 Å². The summed E-state index contributed by atoms with van der Waals surface area (Å²) >= 11 is 0. The number of rotatable bonds is 2. The van der Waals surface area contributed by atoms with Gasteiger partial charge in [0.05, 0.1) is 6.04 Å². The minimum absolute atomic E-state index is 0.235. The summed E-state index contributed by atoms with van der Waals surface area (Å²) < 4.78 is 5.51. The van der Waals surface area contributed by atoms with E-state index in [9.17, 15) is 0 Å². The van der Waals surface area contributed by atoms with E-state index in [0.29, 0.717) is 5.89 Å². The number of nitrogens with zero attached hydrogens (tertiary/aromatic N) is 2. The molecule has 1 aromatic carbocycles. The first-order valence-electron chi connectivity index (χ1n) is 7.39. The first-order valence-corrected chi connectivity index (χ1v) is 7.39. The second-order valence-electron chi connectivity index (χ2n) is 5.58. The molecule has 2 heterocycles. The Kier molecular flexibility index (Phi) is 3.83. The average molecular weight is 271 g/mol. The molecule has 3 rings (SSSR count). The van der Waals surface area contributed by atoms with Gasteiger partial charge >= 0.3 is 0 Å². The molecule has 1 N–H and O–H groups in total.